The molecule has 2 fully saturated rings. The Morgan fingerprint density at radius 2 is 2.08 bits per heavy atom. The number of ether oxygens (including phenoxy) is 2. The van der Waals surface area contributed by atoms with Crippen molar-refractivity contribution in [2.45, 2.75) is 25.9 Å². The molecule has 2 heterocycles. The number of nitrogens with one attached hydrogen (secondary N) is 2. The Morgan fingerprint density at radius 1 is 1.31 bits per heavy atom. The van der Waals surface area contributed by atoms with Gasteiger partial charge in [0, 0.05) is 6.61 Å². The van der Waals surface area contributed by atoms with Crippen LogP contribution >= 0.6 is 0 Å². The highest BCUT2D eigenvalue weighted by atomic mass is 16.5. The van der Waals surface area contributed by atoms with E-state index in [1.165, 1.54) is 4.90 Å². The zero-order valence-corrected chi connectivity index (χ0v) is 15.3. The fourth-order valence-electron chi connectivity index (χ4n) is 3.47. The molecule has 2 aliphatic rings. The van der Waals surface area contributed by atoms with Crippen LogP contribution in [0.1, 0.15) is 19.8 Å². The van der Waals surface area contributed by atoms with Gasteiger partial charge in [-0.2, -0.15) is 0 Å². The van der Waals surface area contributed by atoms with Crippen LogP contribution in [-0.2, 0) is 14.3 Å². The fraction of sp³-hybridized carbons (Fsp3) is 0.579. The first-order valence-electron chi connectivity index (χ1n) is 9.43. The number of hydrogen-bond acceptors (Lipinski definition) is 4. The summed E-state index contributed by atoms with van der Waals surface area (Å²) in [7, 11) is 0. The minimum atomic E-state index is -0.255. The van der Waals surface area contributed by atoms with Crippen molar-refractivity contribution in [1.82, 2.24) is 4.90 Å². The van der Waals surface area contributed by atoms with Crippen molar-refractivity contribution in [1.29, 1.82) is 0 Å². The highest BCUT2D eigenvalue weighted by Gasteiger charge is 2.32. The van der Waals surface area contributed by atoms with Crippen molar-refractivity contribution in [3.05, 3.63) is 24.3 Å². The second kappa shape index (κ2) is 9.00. The molecule has 1 aromatic carbocycles. The summed E-state index contributed by atoms with van der Waals surface area (Å²) >= 11 is 0. The lowest BCUT2D eigenvalue weighted by Gasteiger charge is -2.33. The van der Waals surface area contributed by atoms with Crippen LogP contribution < -0.4 is 15.0 Å². The summed E-state index contributed by atoms with van der Waals surface area (Å²) in [5.41, 5.74) is 0.700. The number of para-hydroxylation sites is 2. The molecule has 2 N–H and O–H groups in total. The molecular weight excluding hydrogens is 334 g/mol. The van der Waals surface area contributed by atoms with Crippen molar-refractivity contribution >= 4 is 17.5 Å². The van der Waals surface area contributed by atoms with Crippen LogP contribution in [0.25, 0.3) is 0 Å². The summed E-state index contributed by atoms with van der Waals surface area (Å²) in [6.45, 7) is 6.46. The quantitative estimate of drug-likeness (QED) is 0.743. The molecule has 0 spiro atoms. The van der Waals surface area contributed by atoms with Crippen molar-refractivity contribution in [3.63, 3.8) is 0 Å². The smallest absolute Gasteiger partial charge is 0.279 e. The van der Waals surface area contributed by atoms with Gasteiger partial charge in [-0.25, -0.2) is 0 Å². The molecule has 0 aromatic heterocycles. The zero-order valence-electron chi connectivity index (χ0n) is 15.3. The van der Waals surface area contributed by atoms with Crippen LogP contribution in [0, 0.1) is 0 Å². The van der Waals surface area contributed by atoms with E-state index in [1.54, 1.807) is 0 Å². The third-order valence-corrected chi connectivity index (χ3v) is 4.86. The molecular formula is C19H28N3O4+. The number of piperazine rings is 1. The molecule has 2 saturated heterocycles. The third-order valence-electron chi connectivity index (χ3n) is 4.86. The van der Waals surface area contributed by atoms with Crippen LogP contribution in [0.2, 0.25) is 0 Å². The van der Waals surface area contributed by atoms with Gasteiger partial charge in [0.1, 0.15) is 11.9 Å². The standard InChI is InChI=1S/C19H27N3O4/c1-2-25-16-7-4-3-6-15(16)20-18(23)14-21-9-11-22(12-10-21)19(24)17-8-5-13-26-17/h3-4,6-7,17H,2,5,8-14H2,1H3,(H,20,23)/p+1/t17-/m0/s1. The van der Waals surface area contributed by atoms with Crippen LogP contribution in [0.15, 0.2) is 24.3 Å². The molecule has 7 nitrogen and oxygen atoms in total. The summed E-state index contributed by atoms with van der Waals surface area (Å²) in [5.74, 6) is 0.757. The Balaban J connectivity index is 1.45. The summed E-state index contributed by atoms with van der Waals surface area (Å²) in [5, 5.41) is 2.94. The van der Waals surface area contributed by atoms with Crippen molar-refractivity contribution in [2.24, 2.45) is 0 Å². The predicted molar refractivity (Wildman–Crippen MR) is 97.4 cm³/mol. The molecule has 7 heteroatoms. The number of rotatable bonds is 6. The molecule has 0 bridgehead atoms. The van der Waals surface area contributed by atoms with Gasteiger partial charge in [0.15, 0.2) is 6.54 Å². The summed E-state index contributed by atoms with van der Waals surface area (Å²) in [6, 6.07) is 7.45. The first-order valence-corrected chi connectivity index (χ1v) is 9.43. The van der Waals surface area contributed by atoms with Crippen LogP contribution in [-0.4, -0.2) is 68.8 Å². The largest absolute Gasteiger partial charge is 0.492 e. The van der Waals surface area contributed by atoms with Crippen LogP contribution in [0.3, 0.4) is 0 Å². The van der Waals surface area contributed by atoms with E-state index >= 15 is 0 Å². The van der Waals surface area contributed by atoms with Gasteiger partial charge in [-0.15, -0.1) is 0 Å². The first-order chi connectivity index (χ1) is 12.7. The van der Waals surface area contributed by atoms with E-state index in [0.29, 0.717) is 44.3 Å². The van der Waals surface area contributed by atoms with E-state index < -0.39 is 0 Å². The number of amides is 2. The average molecular weight is 362 g/mol. The number of nitrogens with zero attached hydrogens (tertiary/aromatic N) is 1. The molecule has 26 heavy (non-hydrogen) atoms. The number of hydrogen-bond donors (Lipinski definition) is 2. The van der Waals surface area contributed by atoms with Gasteiger partial charge < -0.3 is 24.6 Å². The van der Waals surface area contributed by atoms with E-state index in [0.717, 1.165) is 25.9 Å². The van der Waals surface area contributed by atoms with E-state index in [1.807, 2.05) is 36.1 Å². The summed E-state index contributed by atoms with van der Waals surface area (Å²) in [6.07, 6.45) is 1.54. The van der Waals surface area contributed by atoms with Crippen molar-refractivity contribution in [3.8, 4) is 5.75 Å². The van der Waals surface area contributed by atoms with Gasteiger partial charge in [-0.05, 0) is 31.9 Å². The molecule has 1 atom stereocenters. The van der Waals surface area contributed by atoms with Gasteiger partial charge >= 0.3 is 0 Å². The average Bonchev–Trinajstić information content (AvgIpc) is 3.18. The number of carbonyl (C=O) groups is 2. The number of carbonyl (C=O) groups excluding carboxylic acids is 2. The van der Waals surface area contributed by atoms with E-state index in [4.69, 9.17) is 9.47 Å². The van der Waals surface area contributed by atoms with Gasteiger partial charge in [0.25, 0.3) is 11.8 Å². The molecule has 3 rings (SSSR count). The summed E-state index contributed by atoms with van der Waals surface area (Å²) < 4.78 is 11.0. The highest BCUT2D eigenvalue weighted by molar-refractivity contribution is 5.93. The highest BCUT2D eigenvalue weighted by Crippen LogP contribution is 2.23. The molecule has 0 saturated carbocycles. The number of benzene rings is 1. The maximum absolute atomic E-state index is 12.4. The maximum Gasteiger partial charge on any atom is 0.279 e. The van der Waals surface area contributed by atoms with E-state index in [2.05, 4.69) is 5.32 Å². The van der Waals surface area contributed by atoms with E-state index in [-0.39, 0.29) is 17.9 Å². The molecule has 0 unspecified atom stereocenters. The molecule has 0 radical (unpaired) electrons. The summed E-state index contributed by atoms with van der Waals surface area (Å²) in [4.78, 5) is 27.8. The Labute approximate surface area is 154 Å². The third kappa shape index (κ3) is 4.74. The van der Waals surface area contributed by atoms with E-state index in [9.17, 15) is 9.59 Å². The zero-order chi connectivity index (χ0) is 18.4. The Bertz CT molecular complexity index is 623. The minimum Gasteiger partial charge on any atom is -0.492 e. The SMILES string of the molecule is CCOc1ccccc1NC(=O)C[NH+]1CCN(C(=O)[C@@H]2CCCO2)CC1. The minimum absolute atomic E-state index is 0.0361. The molecule has 0 aliphatic carbocycles. The van der Waals surface area contributed by atoms with Crippen molar-refractivity contribution in [2.75, 3.05) is 51.3 Å². The monoisotopic (exact) mass is 362 g/mol. The lowest BCUT2D eigenvalue weighted by Crippen LogP contribution is -3.15. The second-order valence-electron chi connectivity index (χ2n) is 6.73. The molecule has 1 aromatic rings. The Hall–Kier alpha value is -2.12. The molecule has 142 valence electrons. The number of anilines is 1. The molecule has 2 aliphatic heterocycles. The second-order valence-corrected chi connectivity index (χ2v) is 6.73. The van der Waals surface area contributed by atoms with Crippen LogP contribution in [0.4, 0.5) is 5.69 Å². The van der Waals surface area contributed by atoms with Gasteiger partial charge in [-0.1, -0.05) is 12.1 Å². The van der Waals surface area contributed by atoms with Gasteiger partial charge in [-0.3, -0.25) is 9.59 Å². The Morgan fingerprint density at radius 3 is 2.77 bits per heavy atom. The predicted octanol–water partition coefficient (Wildman–Crippen LogP) is -0.0701. The first kappa shape index (κ1) is 18.7. The topological polar surface area (TPSA) is 72.3 Å². The van der Waals surface area contributed by atoms with Gasteiger partial charge in [0.2, 0.25) is 0 Å². The normalized spacial score (nSPS) is 20.8. The Kier molecular flexibility index (Phi) is 6.46. The lowest BCUT2D eigenvalue weighted by molar-refractivity contribution is -0.895. The fourth-order valence-corrected chi connectivity index (χ4v) is 3.47. The number of quaternary nitrogens is 1. The maximum atomic E-state index is 12.4. The van der Waals surface area contributed by atoms with Gasteiger partial charge in [0.05, 0.1) is 38.5 Å². The van der Waals surface area contributed by atoms with Crippen LogP contribution in [0.5, 0.6) is 5.75 Å². The molecule has 2 amide bonds. The lowest BCUT2D eigenvalue weighted by atomic mass is 10.2. The van der Waals surface area contributed by atoms with Crippen molar-refractivity contribution < 1.29 is 24.0 Å².